The number of thioether (sulfide) groups is 1. The number of rotatable bonds is 5. The molecule has 0 saturated carbocycles. The Balaban J connectivity index is 1.71. The number of carbonyl (C=O) groups is 2. The molecule has 1 atom stereocenters. The highest BCUT2D eigenvalue weighted by molar-refractivity contribution is 8.00. The van der Waals surface area contributed by atoms with Gasteiger partial charge in [-0.1, -0.05) is 25.1 Å². The fraction of sp³-hybridized carbons (Fsp3) is 0.632. The number of hydrogen-bond donors (Lipinski definition) is 0. The van der Waals surface area contributed by atoms with Gasteiger partial charge in [0.05, 0.1) is 10.9 Å². The minimum atomic E-state index is -0.372. The van der Waals surface area contributed by atoms with Gasteiger partial charge in [0.2, 0.25) is 11.8 Å². The molecule has 1 aromatic heterocycles. The lowest BCUT2D eigenvalue weighted by Crippen LogP contribution is -2.44. The first-order chi connectivity index (χ1) is 12.6. The maximum absolute atomic E-state index is 13.0. The van der Waals surface area contributed by atoms with E-state index in [4.69, 9.17) is 0 Å². The number of likely N-dealkylation sites (N-methyl/N-ethyl adjacent to an activating group) is 1. The van der Waals surface area contributed by atoms with E-state index in [0.717, 1.165) is 56.2 Å². The van der Waals surface area contributed by atoms with E-state index in [1.54, 1.807) is 6.20 Å². The fourth-order valence-corrected chi connectivity index (χ4v) is 4.56. The Morgan fingerprint density at radius 2 is 2.15 bits per heavy atom. The van der Waals surface area contributed by atoms with Gasteiger partial charge in [-0.3, -0.25) is 9.59 Å². The zero-order chi connectivity index (χ0) is 18.5. The summed E-state index contributed by atoms with van der Waals surface area (Å²) in [5, 5.41) is 0.486. The van der Waals surface area contributed by atoms with Gasteiger partial charge in [-0.15, -0.1) is 0 Å². The van der Waals surface area contributed by atoms with Crippen molar-refractivity contribution in [2.75, 3.05) is 44.7 Å². The van der Waals surface area contributed by atoms with Crippen LogP contribution in [0.2, 0.25) is 0 Å². The Morgan fingerprint density at radius 1 is 1.31 bits per heavy atom. The van der Waals surface area contributed by atoms with Gasteiger partial charge in [-0.2, -0.15) is 0 Å². The molecule has 0 bridgehead atoms. The lowest BCUT2D eigenvalue weighted by molar-refractivity contribution is -0.132. The lowest BCUT2D eigenvalue weighted by atomic mass is 10.2. The maximum atomic E-state index is 13.0. The molecule has 1 aromatic rings. The van der Waals surface area contributed by atoms with Crippen LogP contribution in [0.4, 0.5) is 5.69 Å². The third kappa shape index (κ3) is 4.38. The van der Waals surface area contributed by atoms with Crippen molar-refractivity contribution in [3.63, 3.8) is 0 Å². The molecule has 26 heavy (non-hydrogen) atoms. The van der Waals surface area contributed by atoms with E-state index in [0.29, 0.717) is 6.54 Å². The topological polar surface area (TPSA) is 56.8 Å². The smallest absolute Gasteiger partial charge is 0.241 e. The van der Waals surface area contributed by atoms with Gasteiger partial charge in [-0.05, 0) is 38.6 Å². The number of nitrogens with zero attached hydrogens (tertiary/aromatic N) is 4. The highest BCUT2D eigenvalue weighted by Gasteiger charge is 2.36. The summed E-state index contributed by atoms with van der Waals surface area (Å²) in [5.74, 6) is 0.130. The average molecular weight is 377 g/mol. The molecule has 0 aromatic carbocycles. The molecule has 3 rings (SSSR count). The van der Waals surface area contributed by atoms with Gasteiger partial charge in [0.15, 0.2) is 0 Å². The number of anilines is 1. The Morgan fingerprint density at radius 3 is 2.96 bits per heavy atom. The van der Waals surface area contributed by atoms with Crippen LogP contribution in [-0.2, 0) is 9.59 Å². The van der Waals surface area contributed by atoms with Crippen molar-refractivity contribution in [2.45, 2.75) is 42.9 Å². The van der Waals surface area contributed by atoms with Crippen molar-refractivity contribution in [1.29, 1.82) is 0 Å². The molecule has 0 radical (unpaired) electrons. The van der Waals surface area contributed by atoms with Crippen LogP contribution in [0.1, 0.15) is 32.6 Å². The van der Waals surface area contributed by atoms with Gasteiger partial charge in [0, 0.05) is 38.8 Å². The van der Waals surface area contributed by atoms with Crippen LogP contribution in [0.15, 0.2) is 23.4 Å². The second kappa shape index (κ2) is 8.86. The molecule has 7 heteroatoms. The van der Waals surface area contributed by atoms with Crippen molar-refractivity contribution < 1.29 is 9.59 Å². The maximum Gasteiger partial charge on any atom is 0.241 e. The highest BCUT2D eigenvalue weighted by Crippen LogP contribution is 2.39. The SMILES string of the molecule is CCCCN1C(=O)C(CC(=O)N2CCCN(C)CC2)Sc2ncccc21. The van der Waals surface area contributed by atoms with Crippen molar-refractivity contribution in [3.8, 4) is 0 Å². The van der Waals surface area contributed by atoms with Gasteiger partial charge < -0.3 is 14.7 Å². The molecule has 1 unspecified atom stereocenters. The molecular weight excluding hydrogens is 348 g/mol. The summed E-state index contributed by atoms with van der Waals surface area (Å²) in [4.78, 5) is 36.3. The van der Waals surface area contributed by atoms with E-state index in [1.807, 2.05) is 21.9 Å². The Bertz CT molecular complexity index is 654. The predicted molar refractivity (Wildman–Crippen MR) is 104 cm³/mol. The highest BCUT2D eigenvalue weighted by atomic mass is 32.2. The van der Waals surface area contributed by atoms with Crippen molar-refractivity contribution in [1.82, 2.24) is 14.8 Å². The van der Waals surface area contributed by atoms with Crippen molar-refractivity contribution >= 4 is 29.3 Å². The molecule has 0 N–H and O–H groups in total. The molecule has 3 heterocycles. The van der Waals surface area contributed by atoms with E-state index >= 15 is 0 Å². The Kier molecular flexibility index (Phi) is 6.53. The number of pyridine rings is 1. The molecule has 2 amide bonds. The van der Waals surface area contributed by atoms with Crippen LogP contribution in [0.5, 0.6) is 0 Å². The largest absolute Gasteiger partial charge is 0.341 e. The second-order valence-corrected chi connectivity index (χ2v) is 8.21. The van der Waals surface area contributed by atoms with E-state index in [-0.39, 0.29) is 23.5 Å². The number of carbonyl (C=O) groups excluding carboxylic acids is 2. The van der Waals surface area contributed by atoms with Gasteiger partial charge in [-0.25, -0.2) is 4.98 Å². The summed E-state index contributed by atoms with van der Waals surface area (Å²) in [5.41, 5.74) is 0.885. The van der Waals surface area contributed by atoms with E-state index in [9.17, 15) is 9.59 Å². The summed E-state index contributed by atoms with van der Waals surface area (Å²) >= 11 is 1.44. The third-order valence-corrected chi connectivity index (χ3v) is 6.20. The van der Waals surface area contributed by atoms with Crippen LogP contribution in [-0.4, -0.2) is 71.6 Å². The summed E-state index contributed by atoms with van der Waals surface area (Å²) in [6.45, 7) is 6.24. The van der Waals surface area contributed by atoms with Crippen LogP contribution in [0.3, 0.4) is 0 Å². The molecule has 0 spiro atoms. The Hall–Kier alpha value is -1.60. The first kappa shape index (κ1) is 19.2. The van der Waals surface area contributed by atoms with Crippen molar-refractivity contribution in [2.24, 2.45) is 0 Å². The normalized spacial score (nSPS) is 21.5. The molecule has 6 nitrogen and oxygen atoms in total. The quantitative estimate of drug-likeness (QED) is 0.789. The molecule has 0 aliphatic carbocycles. The summed E-state index contributed by atoms with van der Waals surface area (Å²) < 4.78 is 0. The lowest BCUT2D eigenvalue weighted by Gasteiger charge is -2.33. The van der Waals surface area contributed by atoms with Gasteiger partial charge in [0.1, 0.15) is 5.03 Å². The van der Waals surface area contributed by atoms with Gasteiger partial charge in [0.25, 0.3) is 0 Å². The average Bonchev–Trinajstić information content (AvgIpc) is 2.86. The second-order valence-electron chi connectivity index (χ2n) is 7.02. The third-order valence-electron chi connectivity index (χ3n) is 5.00. The van der Waals surface area contributed by atoms with Crippen LogP contribution in [0, 0.1) is 0 Å². The van der Waals surface area contributed by atoms with E-state index in [1.165, 1.54) is 11.8 Å². The number of amides is 2. The first-order valence-corrected chi connectivity index (χ1v) is 10.4. The molecule has 142 valence electrons. The van der Waals surface area contributed by atoms with Crippen molar-refractivity contribution in [3.05, 3.63) is 18.3 Å². The Labute approximate surface area is 159 Å². The van der Waals surface area contributed by atoms with E-state index in [2.05, 4.69) is 23.9 Å². The fourth-order valence-electron chi connectivity index (χ4n) is 3.42. The summed E-state index contributed by atoms with van der Waals surface area (Å²) in [6.07, 6.45) is 4.97. The van der Waals surface area contributed by atoms with E-state index < -0.39 is 0 Å². The molecule has 1 fully saturated rings. The molecule has 1 saturated heterocycles. The standard InChI is InChI=1S/C19H28N4O2S/c1-3-4-11-23-15-7-5-8-20-18(15)26-16(19(23)25)14-17(24)22-10-6-9-21(2)12-13-22/h5,7-8,16H,3-4,6,9-14H2,1-2H3. The van der Waals surface area contributed by atoms with Crippen LogP contribution >= 0.6 is 11.8 Å². The van der Waals surface area contributed by atoms with Gasteiger partial charge >= 0.3 is 0 Å². The predicted octanol–water partition coefficient (Wildman–Crippen LogP) is 2.24. The zero-order valence-corrected chi connectivity index (χ0v) is 16.5. The van der Waals surface area contributed by atoms with Crippen LogP contribution < -0.4 is 4.90 Å². The zero-order valence-electron chi connectivity index (χ0n) is 15.7. The number of hydrogen-bond acceptors (Lipinski definition) is 5. The summed E-state index contributed by atoms with van der Waals surface area (Å²) in [7, 11) is 2.09. The van der Waals surface area contributed by atoms with Crippen LogP contribution in [0.25, 0.3) is 0 Å². The number of fused-ring (bicyclic) bond motifs is 1. The summed E-state index contributed by atoms with van der Waals surface area (Å²) in [6, 6.07) is 3.82. The number of unbranched alkanes of at least 4 members (excludes halogenated alkanes) is 1. The number of aromatic nitrogens is 1. The molecule has 2 aliphatic heterocycles. The monoisotopic (exact) mass is 376 g/mol. The minimum Gasteiger partial charge on any atom is -0.341 e. The molecular formula is C19H28N4O2S. The molecule has 2 aliphatic rings. The first-order valence-electron chi connectivity index (χ1n) is 9.49. The minimum absolute atomic E-state index is 0.0456.